The Morgan fingerprint density at radius 1 is 1.58 bits per heavy atom. The maximum absolute atomic E-state index is 5.66. The number of anilines is 1. The molecule has 1 rings (SSSR count). The van der Waals surface area contributed by atoms with E-state index in [1.807, 2.05) is 13.8 Å². The third-order valence-corrected chi connectivity index (χ3v) is 1.34. The minimum absolute atomic E-state index is 0.462. The summed E-state index contributed by atoms with van der Waals surface area (Å²) in [6.45, 7) is 3.82. The van der Waals surface area contributed by atoms with Crippen LogP contribution >= 0.6 is 11.6 Å². The maximum atomic E-state index is 5.66. The lowest BCUT2D eigenvalue weighted by Crippen LogP contribution is -1.92. The summed E-state index contributed by atoms with van der Waals surface area (Å²) in [6.07, 6.45) is 1.63. The second-order valence-corrected chi connectivity index (χ2v) is 2.93. The molecular weight excluding hydrogens is 174 g/mol. The molecule has 0 bridgehead atoms. The number of hydrogen-bond donors (Lipinski definition) is 1. The lowest BCUT2D eigenvalue weighted by atomic mass is 10.4. The van der Waals surface area contributed by atoms with Gasteiger partial charge in [-0.2, -0.15) is 5.10 Å². The van der Waals surface area contributed by atoms with Gasteiger partial charge in [0, 0.05) is 18.0 Å². The van der Waals surface area contributed by atoms with Gasteiger partial charge < -0.3 is 0 Å². The zero-order valence-corrected chi connectivity index (χ0v) is 7.76. The van der Waals surface area contributed by atoms with Crippen molar-refractivity contribution >= 4 is 23.0 Å². The summed E-state index contributed by atoms with van der Waals surface area (Å²) in [7, 11) is 0. The molecule has 1 N–H and O–H groups in total. The standard InChI is InChI=1S/C8H10ClN3/c1-6(2)11-12-7-3-4-10-8(9)5-7/h3-5H,1-2H3,(H,10,12). The number of rotatable bonds is 2. The van der Waals surface area contributed by atoms with E-state index in [9.17, 15) is 0 Å². The fraction of sp³-hybridized carbons (Fsp3) is 0.250. The van der Waals surface area contributed by atoms with Gasteiger partial charge in [-0.05, 0) is 19.9 Å². The largest absolute Gasteiger partial charge is 0.278 e. The lowest BCUT2D eigenvalue weighted by Gasteiger charge is -1.99. The Morgan fingerprint density at radius 3 is 2.92 bits per heavy atom. The third kappa shape index (κ3) is 2.88. The van der Waals surface area contributed by atoms with E-state index in [2.05, 4.69) is 15.5 Å². The summed E-state index contributed by atoms with van der Waals surface area (Å²) in [5.74, 6) is 0. The monoisotopic (exact) mass is 183 g/mol. The Balaban J connectivity index is 2.70. The minimum Gasteiger partial charge on any atom is -0.278 e. The van der Waals surface area contributed by atoms with Gasteiger partial charge >= 0.3 is 0 Å². The number of nitrogens with one attached hydrogen (secondary N) is 1. The SMILES string of the molecule is CC(C)=NNc1ccnc(Cl)c1. The Bertz CT molecular complexity index is 292. The van der Waals surface area contributed by atoms with Crippen LogP contribution in [0.1, 0.15) is 13.8 Å². The molecule has 1 aromatic heterocycles. The lowest BCUT2D eigenvalue weighted by molar-refractivity contribution is 1.27. The molecule has 1 heterocycles. The van der Waals surface area contributed by atoms with Crippen LogP contribution in [-0.2, 0) is 0 Å². The summed E-state index contributed by atoms with van der Waals surface area (Å²) in [5, 5.41) is 4.48. The van der Waals surface area contributed by atoms with Gasteiger partial charge in [0.2, 0.25) is 0 Å². The van der Waals surface area contributed by atoms with E-state index >= 15 is 0 Å². The Kier molecular flexibility index (Phi) is 3.05. The normalized spacial score (nSPS) is 9.25. The molecule has 0 aliphatic rings. The highest BCUT2D eigenvalue weighted by Crippen LogP contribution is 2.11. The van der Waals surface area contributed by atoms with Gasteiger partial charge in [0.05, 0.1) is 5.69 Å². The fourth-order valence-corrected chi connectivity index (χ4v) is 0.822. The van der Waals surface area contributed by atoms with E-state index in [0.29, 0.717) is 5.15 Å². The molecule has 1 aromatic rings. The smallest absolute Gasteiger partial charge is 0.131 e. The minimum atomic E-state index is 0.462. The van der Waals surface area contributed by atoms with E-state index in [-0.39, 0.29) is 0 Å². The topological polar surface area (TPSA) is 37.3 Å². The number of pyridine rings is 1. The molecule has 0 fully saturated rings. The Labute approximate surface area is 76.5 Å². The maximum Gasteiger partial charge on any atom is 0.131 e. The van der Waals surface area contributed by atoms with Gasteiger partial charge in [0.25, 0.3) is 0 Å². The van der Waals surface area contributed by atoms with Crippen LogP contribution in [0.15, 0.2) is 23.4 Å². The van der Waals surface area contributed by atoms with Crippen molar-refractivity contribution in [3.05, 3.63) is 23.5 Å². The summed E-state index contributed by atoms with van der Waals surface area (Å²) in [5.41, 5.74) is 4.65. The molecular formula is C8H10ClN3. The average molecular weight is 184 g/mol. The first-order chi connectivity index (χ1) is 5.68. The molecule has 4 heteroatoms. The van der Waals surface area contributed by atoms with Gasteiger partial charge in [0.1, 0.15) is 5.15 Å². The van der Waals surface area contributed by atoms with Crippen LogP contribution < -0.4 is 5.43 Å². The molecule has 64 valence electrons. The Hall–Kier alpha value is -1.09. The zero-order valence-electron chi connectivity index (χ0n) is 7.00. The van der Waals surface area contributed by atoms with Gasteiger partial charge in [-0.15, -0.1) is 0 Å². The number of halogens is 1. The molecule has 0 aliphatic heterocycles. The molecule has 0 atom stereocenters. The first-order valence-electron chi connectivity index (χ1n) is 3.57. The molecule has 0 spiro atoms. The quantitative estimate of drug-likeness (QED) is 0.435. The van der Waals surface area contributed by atoms with Crippen LogP contribution in [-0.4, -0.2) is 10.7 Å². The predicted molar refractivity (Wildman–Crippen MR) is 51.7 cm³/mol. The molecule has 0 saturated heterocycles. The van der Waals surface area contributed by atoms with E-state index in [4.69, 9.17) is 11.6 Å². The van der Waals surface area contributed by atoms with Crippen LogP contribution in [0.2, 0.25) is 5.15 Å². The van der Waals surface area contributed by atoms with Crippen molar-refractivity contribution in [2.75, 3.05) is 5.43 Å². The second kappa shape index (κ2) is 4.07. The van der Waals surface area contributed by atoms with Crippen LogP contribution in [0, 0.1) is 0 Å². The molecule has 3 nitrogen and oxygen atoms in total. The highest BCUT2D eigenvalue weighted by Gasteiger charge is 1.91. The van der Waals surface area contributed by atoms with Gasteiger partial charge in [-0.1, -0.05) is 11.6 Å². The summed E-state index contributed by atoms with van der Waals surface area (Å²) in [4.78, 5) is 3.84. The average Bonchev–Trinajstić information content (AvgIpc) is 2.01. The van der Waals surface area contributed by atoms with Crippen LogP contribution in [0.5, 0.6) is 0 Å². The van der Waals surface area contributed by atoms with Crippen molar-refractivity contribution in [1.29, 1.82) is 0 Å². The first kappa shape index (κ1) is 9.00. The number of aromatic nitrogens is 1. The van der Waals surface area contributed by atoms with Gasteiger partial charge in [-0.3, -0.25) is 5.43 Å². The molecule has 0 saturated carbocycles. The number of hydrogen-bond acceptors (Lipinski definition) is 3. The predicted octanol–water partition coefficient (Wildman–Crippen LogP) is 2.54. The Morgan fingerprint density at radius 2 is 2.33 bits per heavy atom. The highest BCUT2D eigenvalue weighted by atomic mass is 35.5. The van der Waals surface area contributed by atoms with Crippen molar-refractivity contribution in [3.63, 3.8) is 0 Å². The van der Waals surface area contributed by atoms with Gasteiger partial charge in [0.15, 0.2) is 0 Å². The molecule has 0 aliphatic carbocycles. The third-order valence-electron chi connectivity index (χ3n) is 1.14. The van der Waals surface area contributed by atoms with Crippen molar-refractivity contribution in [3.8, 4) is 0 Å². The van der Waals surface area contributed by atoms with E-state index < -0.39 is 0 Å². The van der Waals surface area contributed by atoms with E-state index in [1.165, 1.54) is 0 Å². The molecule has 0 radical (unpaired) electrons. The highest BCUT2D eigenvalue weighted by molar-refractivity contribution is 6.29. The molecule has 0 aromatic carbocycles. The van der Waals surface area contributed by atoms with Crippen LogP contribution in [0.3, 0.4) is 0 Å². The van der Waals surface area contributed by atoms with Crippen molar-refractivity contribution < 1.29 is 0 Å². The van der Waals surface area contributed by atoms with Crippen molar-refractivity contribution in [2.24, 2.45) is 5.10 Å². The van der Waals surface area contributed by atoms with Crippen molar-refractivity contribution in [1.82, 2.24) is 4.98 Å². The summed E-state index contributed by atoms with van der Waals surface area (Å²) < 4.78 is 0. The first-order valence-corrected chi connectivity index (χ1v) is 3.95. The molecule has 0 amide bonds. The molecule has 12 heavy (non-hydrogen) atoms. The van der Waals surface area contributed by atoms with E-state index in [1.54, 1.807) is 18.3 Å². The van der Waals surface area contributed by atoms with Crippen LogP contribution in [0.25, 0.3) is 0 Å². The summed E-state index contributed by atoms with van der Waals surface area (Å²) in [6, 6.07) is 3.52. The summed E-state index contributed by atoms with van der Waals surface area (Å²) >= 11 is 5.66. The number of hydrazone groups is 1. The van der Waals surface area contributed by atoms with Crippen molar-refractivity contribution in [2.45, 2.75) is 13.8 Å². The van der Waals surface area contributed by atoms with E-state index in [0.717, 1.165) is 11.4 Å². The van der Waals surface area contributed by atoms with Gasteiger partial charge in [-0.25, -0.2) is 4.98 Å². The second-order valence-electron chi connectivity index (χ2n) is 2.54. The zero-order chi connectivity index (χ0) is 8.97. The van der Waals surface area contributed by atoms with Crippen LogP contribution in [0.4, 0.5) is 5.69 Å². The fourth-order valence-electron chi connectivity index (χ4n) is 0.648. The molecule has 0 unspecified atom stereocenters. The number of nitrogens with zero attached hydrogens (tertiary/aromatic N) is 2.